The zero-order valence-electron chi connectivity index (χ0n) is 13.3. The van der Waals surface area contributed by atoms with Gasteiger partial charge in [0.1, 0.15) is 12.1 Å². The smallest absolute Gasteiger partial charge is 0.303 e. The fourth-order valence-electron chi connectivity index (χ4n) is 1.63. The molecule has 3 atom stereocenters. The van der Waals surface area contributed by atoms with E-state index in [0.29, 0.717) is 0 Å². The fraction of sp³-hybridized carbons (Fsp3) is 0.615. The van der Waals surface area contributed by atoms with E-state index in [1.807, 2.05) is 0 Å². The van der Waals surface area contributed by atoms with Crippen LogP contribution >= 0.6 is 0 Å². The second-order valence-corrected chi connectivity index (χ2v) is 5.24. The summed E-state index contributed by atoms with van der Waals surface area (Å²) >= 11 is 0. The average Bonchev–Trinajstić information content (AvgIpc) is 2.47. The molecule has 0 heterocycles. The van der Waals surface area contributed by atoms with Gasteiger partial charge in [0, 0.05) is 12.8 Å². The first-order valence-corrected chi connectivity index (χ1v) is 7.20. The molecule has 0 aromatic rings. The molecule has 24 heavy (non-hydrogen) atoms. The molecule has 0 unspecified atom stereocenters. The number of rotatable bonds is 11. The monoisotopic (exact) mass is 345 g/mol. The van der Waals surface area contributed by atoms with Crippen LogP contribution in [0.1, 0.15) is 32.6 Å². The number of aliphatic carboxylic acids is 1. The summed E-state index contributed by atoms with van der Waals surface area (Å²) in [5.41, 5.74) is 15.6. The number of nitrogens with one attached hydrogen (secondary N) is 2. The predicted octanol–water partition coefficient (Wildman–Crippen LogP) is -3.08. The van der Waals surface area contributed by atoms with Crippen molar-refractivity contribution in [3.63, 3.8) is 0 Å². The minimum atomic E-state index is -1.16. The quantitative estimate of drug-likeness (QED) is 0.227. The fourth-order valence-corrected chi connectivity index (χ4v) is 1.63. The van der Waals surface area contributed by atoms with Gasteiger partial charge < -0.3 is 32.9 Å². The number of carboxylic acids is 1. The van der Waals surface area contributed by atoms with Gasteiger partial charge in [0.25, 0.3) is 0 Å². The van der Waals surface area contributed by atoms with Gasteiger partial charge in [-0.25, -0.2) is 0 Å². The number of carbonyl (C=O) groups excluding carboxylic acids is 4. The highest BCUT2D eigenvalue weighted by Gasteiger charge is 2.26. The van der Waals surface area contributed by atoms with Crippen LogP contribution in [0, 0.1) is 0 Å². The third kappa shape index (κ3) is 8.68. The standard InChI is InChI=1S/C13H23N5O6/c1-6(11(16)22)17-13(24)8(3-4-9(15)19)18-12(23)7(14)2-5-10(20)21/h6-8H,2-5,14H2,1H3,(H2,15,19)(H2,16,22)(H,17,24)(H,18,23)(H,20,21)/t6-,7-,8-/m0/s1. The van der Waals surface area contributed by atoms with Gasteiger partial charge in [-0.15, -0.1) is 0 Å². The number of carboxylic acid groups (broad SMARTS) is 1. The van der Waals surface area contributed by atoms with Crippen LogP contribution in [0.4, 0.5) is 0 Å². The first kappa shape index (κ1) is 21.3. The van der Waals surface area contributed by atoms with Crippen LogP contribution in [-0.4, -0.2) is 52.8 Å². The summed E-state index contributed by atoms with van der Waals surface area (Å²) in [6, 6.07) is -3.28. The summed E-state index contributed by atoms with van der Waals surface area (Å²) < 4.78 is 0. The van der Waals surface area contributed by atoms with Gasteiger partial charge in [-0.3, -0.25) is 24.0 Å². The zero-order valence-corrected chi connectivity index (χ0v) is 13.3. The van der Waals surface area contributed by atoms with E-state index in [4.69, 9.17) is 22.3 Å². The maximum atomic E-state index is 12.1. The molecule has 0 rings (SSSR count). The lowest BCUT2D eigenvalue weighted by Gasteiger charge is -2.21. The van der Waals surface area contributed by atoms with E-state index in [1.165, 1.54) is 6.92 Å². The van der Waals surface area contributed by atoms with E-state index < -0.39 is 47.7 Å². The third-order valence-electron chi connectivity index (χ3n) is 3.10. The summed E-state index contributed by atoms with van der Waals surface area (Å²) in [4.78, 5) is 56.3. The number of primary amides is 2. The lowest BCUT2D eigenvalue weighted by molar-refractivity contribution is -0.137. The molecule has 11 heteroatoms. The first-order chi connectivity index (χ1) is 11.0. The van der Waals surface area contributed by atoms with E-state index >= 15 is 0 Å². The molecule has 0 spiro atoms. The Hall–Kier alpha value is -2.69. The Morgan fingerprint density at radius 3 is 2.00 bits per heavy atom. The number of carbonyl (C=O) groups is 5. The van der Waals surface area contributed by atoms with Crippen molar-refractivity contribution in [2.45, 2.75) is 50.7 Å². The molecular weight excluding hydrogens is 322 g/mol. The maximum absolute atomic E-state index is 12.1. The van der Waals surface area contributed by atoms with Crippen LogP contribution in [0.2, 0.25) is 0 Å². The summed E-state index contributed by atoms with van der Waals surface area (Å²) in [6.45, 7) is 1.35. The number of amides is 4. The summed E-state index contributed by atoms with van der Waals surface area (Å²) in [6.07, 6.45) is -0.730. The van der Waals surface area contributed by atoms with Crippen LogP contribution in [0.3, 0.4) is 0 Å². The molecule has 0 aliphatic rings. The van der Waals surface area contributed by atoms with Gasteiger partial charge in [0.05, 0.1) is 6.04 Å². The average molecular weight is 345 g/mol. The zero-order chi connectivity index (χ0) is 18.9. The molecule has 11 nitrogen and oxygen atoms in total. The number of hydrogen-bond donors (Lipinski definition) is 6. The van der Waals surface area contributed by atoms with Gasteiger partial charge in [-0.2, -0.15) is 0 Å². The van der Waals surface area contributed by atoms with Crippen molar-refractivity contribution in [1.29, 1.82) is 0 Å². The van der Waals surface area contributed by atoms with Gasteiger partial charge in [0.15, 0.2) is 0 Å². The SMILES string of the molecule is C[C@H](NC(=O)[C@H](CCC(N)=O)NC(=O)[C@@H](N)CCC(=O)O)C(N)=O. The predicted molar refractivity (Wildman–Crippen MR) is 82.0 cm³/mol. The third-order valence-corrected chi connectivity index (χ3v) is 3.10. The molecule has 0 fully saturated rings. The van der Waals surface area contributed by atoms with Gasteiger partial charge >= 0.3 is 5.97 Å². The molecule has 9 N–H and O–H groups in total. The van der Waals surface area contributed by atoms with Crippen LogP contribution in [-0.2, 0) is 24.0 Å². The molecule has 0 aliphatic carbocycles. The molecule has 0 aromatic carbocycles. The number of nitrogens with two attached hydrogens (primary N) is 3. The summed E-state index contributed by atoms with van der Waals surface area (Å²) in [5, 5.41) is 13.2. The van der Waals surface area contributed by atoms with Crippen molar-refractivity contribution < 1.29 is 29.1 Å². The van der Waals surface area contributed by atoms with Crippen molar-refractivity contribution in [2.24, 2.45) is 17.2 Å². The van der Waals surface area contributed by atoms with E-state index in [1.54, 1.807) is 0 Å². The van der Waals surface area contributed by atoms with Crippen molar-refractivity contribution in [3.8, 4) is 0 Å². The Bertz CT molecular complexity index is 509. The van der Waals surface area contributed by atoms with Crippen molar-refractivity contribution in [2.75, 3.05) is 0 Å². The van der Waals surface area contributed by atoms with E-state index in [9.17, 15) is 24.0 Å². The van der Waals surface area contributed by atoms with Crippen molar-refractivity contribution in [3.05, 3.63) is 0 Å². The van der Waals surface area contributed by atoms with E-state index in [2.05, 4.69) is 10.6 Å². The molecule has 0 bridgehead atoms. The van der Waals surface area contributed by atoms with Crippen LogP contribution in [0.15, 0.2) is 0 Å². The van der Waals surface area contributed by atoms with Crippen LogP contribution in [0.25, 0.3) is 0 Å². The minimum absolute atomic E-state index is 0.107. The maximum Gasteiger partial charge on any atom is 0.303 e. The van der Waals surface area contributed by atoms with Crippen molar-refractivity contribution in [1.82, 2.24) is 10.6 Å². The summed E-state index contributed by atoms with van der Waals surface area (Å²) in [7, 11) is 0. The van der Waals surface area contributed by atoms with E-state index in [0.717, 1.165) is 0 Å². The van der Waals surface area contributed by atoms with Crippen LogP contribution < -0.4 is 27.8 Å². The summed E-state index contributed by atoms with van der Waals surface area (Å²) in [5.74, 6) is -4.06. The Morgan fingerprint density at radius 1 is 0.958 bits per heavy atom. The second kappa shape index (κ2) is 10.2. The van der Waals surface area contributed by atoms with Gasteiger partial charge in [-0.05, 0) is 19.8 Å². The van der Waals surface area contributed by atoms with Crippen LogP contribution in [0.5, 0.6) is 0 Å². The normalized spacial score (nSPS) is 14.1. The minimum Gasteiger partial charge on any atom is -0.481 e. The first-order valence-electron chi connectivity index (χ1n) is 7.20. The molecule has 0 saturated carbocycles. The molecular formula is C13H23N5O6. The Morgan fingerprint density at radius 2 is 1.54 bits per heavy atom. The second-order valence-electron chi connectivity index (χ2n) is 5.24. The van der Waals surface area contributed by atoms with Gasteiger partial charge in [-0.1, -0.05) is 0 Å². The van der Waals surface area contributed by atoms with Gasteiger partial charge in [0.2, 0.25) is 23.6 Å². The molecule has 0 aromatic heterocycles. The Balaban J connectivity index is 4.83. The molecule has 4 amide bonds. The highest BCUT2D eigenvalue weighted by molar-refractivity contribution is 5.92. The molecule has 136 valence electrons. The van der Waals surface area contributed by atoms with E-state index in [-0.39, 0.29) is 25.7 Å². The Kier molecular flexibility index (Phi) is 9.02. The highest BCUT2D eigenvalue weighted by Crippen LogP contribution is 2.01. The number of hydrogen-bond acceptors (Lipinski definition) is 6. The highest BCUT2D eigenvalue weighted by atomic mass is 16.4. The Labute approximate surface area is 138 Å². The topological polar surface area (TPSA) is 208 Å². The molecule has 0 saturated heterocycles. The lowest BCUT2D eigenvalue weighted by Crippen LogP contribution is -2.54. The molecule has 0 radical (unpaired) electrons. The van der Waals surface area contributed by atoms with Crippen molar-refractivity contribution >= 4 is 29.6 Å². The lowest BCUT2D eigenvalue weighted by atomic mass is 10.1. The molecule has 0 aliphatic heterocycles. The largest absolute Gasteiger partial charge is 0.481 e.